The Kier molecular flexibility index (Phi) is 4.06. The van der Waals surface area contributed by atoms with Gasteiger partial charge in [-0.2, -0.15) is 18.4 Å². The summed E-state index contributed by atoms with van der Waals surface area (Å²) in [6, 6.07) is 1.88. The molecule has 1 rings (SSSR count). The number of ether oxygens (including phenoxy) is 1. The van der Waals surface area contributed by atoms with E-state index >= 15 is 0 Å². The molecule has 0 N–H and O–H groups in total. The van der Waals surface area contributed by atoms with E-state index in [1.807, 2.05) is 0 Å². The van der Waals surface area contributed by atoms with Crippen molar-refractivity contribution in [2.45, 2.75) is 19.0 Å². The van der Waals surface area contributed by atoms with Gasteiger partial charge in [-0.1, -0.05) is 0 Å². The summed E-state index contributed by atoms with van der Waals surface area (Å²) in [7, 11) is 1.06. The molecule has 0 bridgehead atoms. The number of aromatic nitrogens is 1. The predicted molar refractivity (Wildman–Crippen MR) is 50.1 cm³/mol. The van der Waals surface area contributed by atoms with Crippen LogP contribution in [0.1, 0.15) is 23.2 Å². The number of hydrogen-bond donors (Lipinski definition) is 0. The van der Waals surface area contributed by atoms with Gasteiger partial charge in [0.2, 0.25) is 5.88 Å². The van der Waals surface area contributed by atoms with Gasteiger partial charge >= 0.3 is 6.18 Å². The number of pyridine rings is 1. The van der Waals surface area contributed by atoms with E-state index in [4.69, 9.17) is 5.26 Å². The maximum atomic E-state index is 12.7. The monoisotopic (exact) mass is 266 g/mol. The Morgan fingerprint density at radius 2 is 2.06 bits per heavy atom. The fourth-order valence-corrected chi connectivity index (χ4v) is 1.37. The first kappa shape index (κ1) is 14.2. The van der Waals surface area contributed by atoms with Gasteiger partial charge in [0.05, 0.1) is 36.4 Å². The van der Waals surface area contributed by atoms with Gasteiger partial charge in [0.1, 0.15) is 0 Å². The Morgan fingerprint density at radius 3 is 2.44 bits per heavy atom. The predicted octanol–water partition coefficient (Wildman–Crippen LogP) is 3.11. The van der Waals surface area contributed by atoms with E-state index in [0.717, 1.165) is 7.11 Å². The van der Waals surface area contributed by atoms with Crippen LogP contribution < -0.4 is 4.74 Å². The molecule has 3 nitrogen and oxygen atoms in total. The normalized spacial score (nSPS) is 11.4. The summed E-state index contributed by atoms with van der Waals surface area (Å²) in [5.74, 6) is -0.461. The molecule has 0 amide bonds. The molecule has 0 saturated carbocycles. The van der Waals surface area contributed by atoms with Crippen molar-refractivity contribution < 1.29 is 26.7 Å². The van der Waals surface area contributed by atoms with E-state index in [0.29, 0.717) is 6.07 Å². The van der Waals surface area contributed by atoms with Gasteiger partial charge in [-0.15, -0.1) is 0 Å². The van der Waals surface area contributed by atoms with E-state index in [1.165, 1.54) is 6.07 Å². The zero-order chi connectivity index (χ0) is 13.9. The van der Waals surface area contributed by atoms with Crippen molar-refractivity contribution in [3.8, 4) is 11.9 Å². The van der Waals surface area contributed by atoms with Crippen molar-refractivity contribution in [2.24, 2.45) is 0 Å². The molecule has 0 aliphatic rings. The summed E-state index contributed by atoms with van der Waals surface area (Å²) in [6.45, 7) is 0. The Labute approximate surface area is 98.8 Å². The number of nitrogens with zero attached hydrogens (tertiary/aromatic N) is 2. The minimum absolute atomic E-state index is 0.391. The molecule has 0 atom stereocenters. The highest BCUT2D eigenvalue weighted by molar-refractivity contribution is 5.39. The molecule has 98 valence electrons. The van der Waals surface area contributed by atoms with Gasteiger partial charge in [0.25, 0.3) is 6.43 Å². The van der Waals surface area contributed by atoms with Crippen LogP contribution in [0, 0.1) is 11.3 Å². The summed E-state index contributed by atoms with van der Waals surface area (Å²) >= 11 is 0. The van der Waals surface area contributed by atoms with Crippen LogP contribution in [0.25, 0.3) is 0 Å². The highest BCUT2D eigenvalue weighted by atomic mass is 19.4. The van der Waals surface area contributed by atoms with E-state index in [9.17, 15) is 22.0 Å². The maximum absolute atomic E-state index is 12.7. The molecule has 0 spiro atoms. The molecule has 1 heterocycles. The molecule has 0 radical (unpaired) electrons. The lowest BCUT2D eigenvalue weighted by Crippen LogP contribution is -2.14. The van der Waals surface area contributed by atoms with Crippen LogP contribution in [0.5, 0.6) is 5.88 Å². The summed E-state index contributed by atoms with van der Waals surface area (Å²) < 4.78 is 67.8. The fourth-order valence-electron chi connectivity index (χ4n) is 1.37. The van der Waals surface area contributed by atoms with Gasteiger partial charge in [-0.3, -0.25) is 0 Å². The number of rotatable bonds is 3. The Bertz CT molecular complexity index is 478. The molecule has 0 unspecified atom stereocenters. The van der Waals surface area contributed by atoms with Gasteiger partial charge < -0.3 is 4.74 Å². The van der Waals surface area contributed by atoms with E-state index in [-0.39, 0.29) is 0 Å². The summed E-state index contributed by atoms with van der Waals surface area (Å²) in [6.07, 6.45) is -8.99. The van der Waals surface area contributed by atoms with Crippen molar-refractivity contribution in [1.82, 2.24) is 4.98 Å². The molecule has 1 aromatic heterocycles. The van der Waals surface area contributed by atoms with Crippen molar-refractivity contribution in [1.29, 1.82) is 5.26 Å². The van der Waals surface area contributed by atoms with Crippen LogP contribution in [0.2, 0.25) is 0 Å². The van der Waals surface area contributed by atoms with Crippen molar-refractivity contribution >= 4 is 0 Å². The number of methoxy groups -OCH3 is 1. The zero-order valence-electron chi connectivity index (χ0n) is 9.05. The first-order chi connectivity index (χ1) is 8.31. The molecular weight excluding hydrogens is 259 g/mol. The highest BCUT2D eigenvalue weighted by Gasteiger charge is 2.38. The smallest absolute Gasteiger partial charge is 0.417 e. The second kappa shape index (κ2) is 5.16. The van der Waals surface area contributed by atoms with Gasteiger partial charge in [0, 0.05) is 6.07 Å². The third kappa shape index (κ3) is 2.85. The van der Waals surface area contributed by atoms with E-state index in [1.54, 1.807) is 0 Å². The molecule has 1 aromatic rings. The van der Waals surface area contributed by atoms with Gasteiger partial charge in [0.15, 0.2) is 0 Å². The quantitative estimate of drug-likeness (QED) is 0.789. The Hall–Kier alpha value is -1.91. The summed E-state index contributed by atoms with van der Waals surface area (Å²) in [4.78, 5) is 3.45. The number of nitriles is 1. The third-order valence-corrected chi connectivity index (χ3v) is 2.09. The molecule has 0 fully saturated rings. The number of halogens is 5. The van der Waals surface area contributed by atoms with Crippen LogP contribution in [0.4, 0.5) is 22.0 Å². The second-order valence-electron chi connectivity index (χ2n) is 3.21. The zero-order valence-corrected chi connectivity index (χ0v) is 9.05. The second-order valence-corrected chi connectivity index (χ2v) is 3.21. The molecule has 18 heavy (non-hydrogen) atoms. The van der Waals surface area contributed by atoms with Crippen LogP contribution >= 0.6 is 0 Å². The van der Waals surface area contributed by atoms with Crippen molar-refractivity contribution in [3.63, 3.8) is 0 Å². The lowest BCUT2D eigenvalue weighted by Gasteiger charge is -2.16. The first-order valence-electron chi connectivity index (χ1n) is 4.61. The number of hydrogen-bond acceptors (Lipinski definition) is 3. The first-order valence-corrected chi connectivity index (χ1v) is 4.61. The maximum Gasteiger partial charge on any atom is 0.417 e. The topological polar surface area (TPSA) is 45.9 Å². The highest BCUT2D eigenvalue weighted by Crippen LogP contribution is 2.39. The molecule has 8 heteroatoms. The minimum Gasteiger partial charge on any atom is -0.481 e. The van der Waals surface area contributed by atoms with Crippen LogP contribution in [0.15, 0.2) is 6.07 Å². The molecular formula is C10H7F5N2O. The van der Waals surface area contributed by atoms with Crippen molar-refractivity contribution in [3.05, 3.63) is 22.9 Å². The SMILES string of the molecule is COc1cc(C(F)(F)F)c(C(F)F)c(CC#N)n1. The summed E-state index contributed by atoms with van der Waals surface area (Å²) in [5.41, 5.74) is -3.43. The molecule has 0 aliphatic carbocycles. The average molecular weight is 266 g/mol. The summed E-state index contributed by atoms with van der Waals surface area (Å²) in [5, 5.41) is 8.43. The van der Waals surface area contributed by atoms with Gasteiger partial charge in [-0.25, -0.2) is 13.8 Å². The third-order valence-electron chi connectivity index (χ3n) is 2.09. The molecule has 0 aromatic carbocycles. The minimum atomic E-state index is -4.97. The Balaban J connectivity index is 3.56. The van der Waals surface area contributed by atoms with Crippen LogP contribution in [0.3, 0.4) is 0 Å². The van der Waals surface area contributed by atoms with E-state index in [2.05, 4.69) is 9.72 Å². The molecule has 0 saturated heterocycles. The van der Waals surface area contributed by atoms with E-state index < -0.39 is 41.7 Å². The lowest BCUT2D eigenvalue weighted by molar-refractivity contribution is -0.139. The van der Waals surface area contributed by atoms with Crippen LogP contribution in [-0.4, -0.2) is 12.1 Å². The lowest BCUT2D eigenvalue weighted by atomic mass is 10.0. The fraction of sp³-hybridized carbons (Fsp3) is 0.400. The molecule has 0 aliphatic heterocycles. The average Bonchev–Trinajstić information content (AvgIpc) is 2.26. The number of alkyl halides is 5. The van der Waals surface area contributed by atoms with Crippen molar-refractivity contribution in [2.75, 3.05) is 7.11 Å². The Morgan fingerprint density at radius 1 is 1.44 bits per heavy atom. The largest absolute Gasteiger partial charge is 0.481 e. The standard InChI is InChI=1S/C10H7F5N2O/c1-18-7-4-5(10(13,14)15)8(9(11)12)6(17-7)2-3-16/h4,9H,2H2,1H3. The van der Waals surface area contributed by atoms with Crippen LogP contribution in [-0.2, 0) is 12.6 Å². The van der Waals surface area contributed by atoms with Gasteiger partial charge in [-0.05, 0) is 0 Å².